The number of hydrogen-bond acceptors (Lipinski definition) is 4. The van der Waals surface area contributed by atoms with Gasteiger partial charge in [0.25, 0.3) is 11.5 Å². The van der Waals surface area contributed by atoms with E-state index in [1.807, 2.05) is 36.4 Å². The van der Waals surface area contributed by atoms with Crippen molar-refractivity contribution in [3.63, 3.8) is 0 Å². The van der Waals surface area contributed by atoms with Crippen LogP contribution >= 0.6 is 50.5 Å². The van der Waals surface area contributed by atoms with Gasteiger partial charge in [0.1, 0.15) is 10.7 Å². The molecule has 1 heterocycles. The van der Waals surface area contributed by atoms with Gasteiger partial charge in [-0.25, -0.2) is 0 Å². The number of benzene rings is 3. The van der Waals surface area contributed by atoms with Gasteiger partial charge in [-0.3, -0.25) is 14.2 Å². The molecule has 1 aromatic heterocycles. The van der Waals surface area contributed by atoms with Gasteiger partial charge in [0.2, 0.25) is 0 Å². The molecule has 4 rings (SSSR count). The van der Waals surface area contributed by atoms with E-state index in [-0.39, 0.29) is 20.8 Å². The molecule has 0 atom stereocenters. The second-order valence-corrected chi connectivity index (χ2v) is 9.80. The second-order valence-electron chi connectivity index (χ2n) is 7.01. The highest BCUT2D eigenvalue weighted by atomic mass is 79.9. The van der Waals surface area contributed by atoms with Crippen LogP contribution in [0.25, 0.3) is 17.3 Å². The summed E-state index contributed by atoms with van der Waals surface area (Å²) in [7, 11) is 0. The average molecular weight is 571 g/mol. The van der Waals surface area contributed by atoms with Gasteiger partial charge in [-0.2, -0.15) is 5.26 Å². The number of carbonyl (C=O) groups excluding carboxylic acids is 1. The minimum Gasteiger partial charge on any atom is -0.320 e. The summed E-state index contributed by atoms with van der Waals surface area (Å²) in [6.07, 6.45) is 1.73. The van der Waals surface area contributed by atoms with E-state index in [1.54, 1.807) is 42.5 Å². The molecular weight excluding hydrogens is 557 g/mol. The molecule has 0 aliphatic rings. The fourth-order valence-corrected chi connectivity index (χ4v) is 5.16. The van der Waals surface area contributed by atoms with Crippen molar-refractivity contribution in [2.24, 2.45) is 0 Å². The second kappa shape index (κ2) is 10.4. The van der Waals surface area contributed by atoms with E-state index in [4.69, 9.17) is 23.2 Å². The van der Waals surface area contributed by atoms with Gasteiger partial charge < -0.3 is 5.32 Å². The Labute approximate surface area is 216 Å². The fourth-order valence-electron chi connectivity index (χ4n) is 3.18. The van der Waals surface area contributed by atoms with Gasteiger partial charge in [0.05, 0.1) is 20.9 Å². The number of nitriles is 1. The van der Waals surface area contributed by atoms with Crippen LogP contribution in [0.5, 0.6) is 0 Å². The molecule has 0 radical (unpaired) electrons. The number of nitrogens with one attached hydrogen (secondary N) is 1. The summed E-state index contributed by atoms with van der Waals surface area (Å²) in [5.74, 6) is -0.688. The molecule has 1 amide bonds. The molecule has 0 fully saturated rings. The van der Waals surface area contributed by atoms with Crippen LogP contribution < -0.4 is 20.1 Å². The van der Waals surface area contributed by atoms with Crippen molar-refractivity contribution in [2.45, 2.75) is 0 Å². The maximum Gasteiger partial charge on any atom is 0.273 e. The number of thiazole rings is 1. The Kier molecular flexibility index (Phi) is 7.35. The molecule has 1 N–H and O–H groups in total. The first-order valence-corrected chi connectivity index (χ1v) is 12.2. The molecule has 3 aromatic carbocycles. The van der Waals surface area contributed by atoms with Gasteiger partial charge in [-0.1, -0.05) is 69.5 Å². The van der Waals surface area contributed by atoms with E-state index >= 15 is 0 Å². The Morgan fingerprint density at radius 1 is 1.06 bits per heavy atom. The Bertz CT molecular complexity index is 1620. The van der Waals surface area contributed by atoms with E-state index in [2.05, 4.69) is 21.2 Å². The van der Waals surface area contributed by atoms with E-state index in [0.29, 0.717) is 20.9 Å². The first kappa shape index (κ1) is 24.0. The van der Waals surface area contributed by atoms with E-state index in [0.717, 1.165) is 21.4 Å². The number of aromatic nitrogens is 1. The Hall–Kier alpha value is -3.15. The van der Waals surface area contributed by atoms with Crippen LogP contribution in [-0.4, -0.2) is 10.5 Å². The predicted octanol–water partition coefficient (Wildman–Crippen LogP) is 5.11. The topological polar surface area (TPSA) is 74.9 Å². The van der Waals surface area contributed by atoms with Crippen LogP contribution in [-0.2, 0) is 4.79 Å². The normalized spacial score (nSPS) is 12.2. The first-order valence-electron chi connectivity index (χ1n) is 9.83. The zero-order valence-electron chi connectivity index (χ0n) is 17.3. The molecule has 4 aromatic rings. The van der Waals surface area contributed by atoms with Gasteiger partial charge in [0.15, 0.2) is 5.57 Å². The van der Waals surface area contributed by atoms with Crippen LogP contribution in [0.3, 0.4) is 0 Å². The highest BCUT2D eigenvalue weighted by molar-refractivity contribution is 9.10. The predicted molar refractivity (Wildman–Crippen MR) is 141 cm³/mol. The highest BCUT2D eigenvalue weighted by Gasteiger charge is 2.18. The van der Waals surface area contributed by atoms with Crippen molar-refractivity contribution in [2.75, 3.05) is 5.32 Å². The van der Waals surface area contributed by atoms with Gasteiger partial charge in [0, 0.05) is 9.50 Å². The maximum atomic E-state index is 13.4. The third-order valence-electron chi connectivity index (χ3n) is 4.72. The quantitative estimate of drug-likeness (QED) is 0.370. The van der Waals surface area contributed by atoms with Crippen molar-refractivity contribution >= 4 is 73.7 Å². The van der Waals surface area contributed by atoms with Crippen LogP contribution in [0.4, 0.5) is 5.69 Å². The number of halogens is 3. The SMILES string of the molecule is N#C/C(C(=O)Nc1ccc(Cl)cc1Cl)=c1\s/c(=C/c2cccc(Br)c2)c(=O)n1-c1ccccc1. The van der Waals surface area contributed by atoms with Crippen LogP contribution in [0.15, 0.2) is 82.1 Å². The number of carbonyl (C=O) groups is 1. The monoisotopic (exact) mass is 569 g/mol. The summed E-state index contributed by atoms with van der Waals surface area (Å²) >= 11 is 16.6. The van der Waals surface area contributed by atoms with Crippen molar-refractivity contribution in [3.8, 4) is 11.8 Å². The molecule has 0 saturated heterocycles. The zero-order chi connectivity index (χ0) is 24.2. The summed E-state index contributed by atoms with van der Waals surface area (Å²) < 4.78 is 2.82. The lowest BCUT2D eigenvalue weighted by molar-refractivity contribution is -0.111. The molecule has 0 spiro atoms. The number of nitrogens with zero attached hydrogens (tertiary/aromatic N) is 2. The zero-order valence-corrected chi connectivity index (χ0v) is 21.2. The Morgan fingerprint density at radius 2 is 1.82 bits per heavy atom. The van der Waals surface area contributed by atoms with E-state index in [9.17, 15) is 14.9 Å². The summed E-state index contributed by atoms with van der Waals surface area (Å²) in [5.41, 5.74) is 1.09. The molecule has 168 valence electrons. The van der Waals surface area contributed by atoms with Crippen LogP contribution in [0.2, 0.25) is 10.0 Å². The molecule has 9 heteroatoms. The van der Waals surface area contributed by atoms with Gasteiger partial charge in [-0.05, 0) is 54.1 Å². The number of anilines is 1. The van der Waals surface area contributed by atoms with Crippen molar-refractivity contribution in [3.05, 3.63) is 112 Å². The summed E-state index contributed by atoms with van der Waals surface area (Å²) in [4.78, 5) is 26.5. The number of para-hydroxylation sites is 1. The minimum absolute atomic E-state index is 0.211. The van der Waals surface area contributed by atoms with Crippen molar-refractivity contribution in [1.29, 1.82) is 5.26 Å². The largest absolute Gasteiger partial charge is 0.320 e. The average Bonchev–Trinajstić information content (AvgIpc) is 3.12. The molecule has 0 aliphatic carbocycles. The molecule has 0 aliphatic heterocycles. The molecule has 0 saturated carbocycles. The van der Waals surface area contributed by atoms with Gasteiger partial charge in [-0.15, -0.1) is 11.3 Å². The lowest BCUT2D eigenvalue weighted by Gasteiger charge is -2.07. The molecule has 5 nitrogen and oxygen atoms in total. The molecular formula is C25H14BrCl2N3O2S. The molecule has 0 bridgehead atoms. The first-order chi connectivity index (χ1) is 16.4. The smallest absolute Gasteiger partial charge is 0.273 e. The lowest BCUT2D eigenvalue weighted by atomic mass is 10.2. The van der Waals surface area contributed by atoms with Crippen LogP contribution in [0.1, 0.15) is 5.56 Å². The minimum atomic E-state index is -0.688. The fraction of sp³-hybridized carbons (Fsp3) is 0. The highest BCUT2D eigenvalue weighted by Crippen LogP contribution is 2.25. The summed E-state index contributed by atoms with van der Waals surface area (Å²) in [6, 6.07) is 22.9. The lowest BCUT2D eigenvalue weighted by Crippen LogP contribution is -2.32. The number of rotatable bonds is 4. The summed E-state index contributed by atoms with van der Waals surface area (Å²) in [6.45, 7) is 0. The Balaban J connectivity index is 1.95. The maximum absolute atomic E-state index is 13.4. The van der Waals surface area contributed by atoms with E-state index in [1.165, 1.54) is 10.6 Å². The van der Waals surface area contributed by atoms with Crippen molar-refractivity contribution in [1.82, 2.24) is 4.57 Å². The third kappa shape index (κ3) is 5.16. The molecule has 0 unspecified atom stereocenters. The van der Waals surface area contributed by atoms with Crippen molar-refractivity contribution < 1.29 is 4.79 Å². The van der Waals surface area contributed by atoms with Gasteiger partial charge >= 0.3 is 0 Å². The van der Waals surface area contributed by atoms with Crippen LogP contribution in [0, 0.1) is 11.3 Å². The number of amides is 1. The number of hydrogen-bond donors (Lipinski definition) is 1. The third-order valence-corrected chi connectivity index (χ3v) is 6.85. The molecule has 34 heavy (non-hydrogen) atoms. The van der Waals surface area contributed by atoms with E-state index < -0.39 is 5.91 Å². The standard InChI is InChI=1S/C25H14BrCl2N3O2S/c26-16-6-4-5-15(11-16)12-22-24(33)31(18-7-2-1-3-8-18)25(34-22)19(14-29)23(32)30-21-10-9-17(27)13-20(21)28/h1-13H,(H,30,32)/b22-12+,25-19+. The summed E-state index contributed by atoms with van der Waals surface area (Å²) in [5, 5.41) is 13.2. The Morgan fingerprint density at radius 3 is 2.50 bits per heavy atom.